The van der Waals surface area contributed by atoms with Crippen LogP contribution >= 0.6 is 11.8 Å². The maximum absolute atomic E-state index is 5.09. The van der Waals surface area contributed by atoms with Crippen molar-refractivity contribution in [2.75, 3.05) is 12.0 Å². The zero-order valence-corrected chi connectivity index (χ0v) is 5.59. The molecule has 44 valence electrons. The van der Waals surface area contributed by atoms with Gasteiger partial charge in [-0.15, -0.1) is 0 Å². The quantitative estimate of drug-likeness (QED) is 0.413. The van der Waals surface area contributed by atoms with E-state index in [0.717, 1.165) is 5.75 Å². The Bertz CT molecular complexity index is 40.7. The Hall–Kier alpha value is 0.270. The van der Waals surface area contributed by atoms with Crippen molar-refractivity contribution in [3.63, 3.8) is 0 Å². The highest BCUT2D eigenvalue weighted by molar-refractivity contribution is 7.98. The van der Waals surface area contributed by atoms with E-state index in [0.29, 0.717) is 6.04 Å². The van der Waals surface area contributed by atoms with Crippen molar-refractivity contribution < 1.29 is 0 Å². The molecule has 0 aliphatic heterocycles. The summed E-state index contributed by atoms with van der Waals surface area (Å²) >= 11 is 1.79. The summed E-state index contributed by atoms with van der Waals surface area (Å²) in [5.41, 5.74) is 2.64. The third kappa shape index (κ3) is 4.12. The predicted molar refractivity (Wildman–Crippen MR) is 35.2 cm³/mol. The largest absolute Gasteiger partial charge is 0.271 e. The van der Waals surface area contributed by atoms with Gasteiger partial charge >= 0.3 is 0 Å². The molecule has 0 spiro atoms. The predicted octanol–water partition coefficient (Wildman–Crippen LogP) is 0.201. The van der Waals surface area contributed by atoms with E-state index in [1.807, 2.05) is 0 Å². The molecule has 0 rings (SSSR count). The fourth-order valence-electron chi connectivity index (χ4n) is 0.298. The monoisotopic (exact) mass is 120 g/mol. The van der Waals surface area contributed by atoms with Crippen LogP contribution in [-0.4, -0.2) is 18.1 Å². The van der Waals surface area contributed by atoms with Crippen molar-refractivity contribution in [1.29, 1.82) is 0 Å². The van der Waals surface area contributed by atoms with Crippen molar-refractivity contribution in [3.8, 4) is 0 Å². The van der Waals surface area contributed by atoms with E-state index in [1.54, 1.807) is 11.8 Å². The van der Waals surface area contributed by atoms with Gasteiger partial charge in [-0.25, -0.2) is 0 Å². The lowest BCUT2D eigenvalue weighted by Gasteiger charge is -2.04. The highest BCUT2D eigenvalue weighted by Crippen LogP contribution is 1.93. The smallest absolute Gasteiger partial charge is 0.0272 e. The first-order valence-corrected chi connectivity index (χ1v) is 3.65. The van der Waals surface area contributed by atoms with Gasteiger partial charge in [0, 0.05) is 11.8 Å². The van der Waals surface area contributed by atoms with Crippen LogP contribution < -0.4 is 11.3 Å². The van der Waals surface area contributed by atoms with Crippen LogP contribution in [0.2, 0.25) is 0 Å². The molecule has 7 heavy (non-hydrogen) atoms. The Morgan fingerprint density at radius 2 is 2.43 bits per heavy atom. The van der Waals surface area contributed by atoms with E-state index in [9.17, 15) is 0 Å². The topological polar surface area (TPSA) is 38.0 Å². The highest BCUT2D eigenvalue weighted by Gasteiger charge is 1.92. The standard InChI is InChI=1S/C4H12N2S/c1-4(6-5)3-7-2/h4,6H,3,5H2,1-2H3. The molecule has 2 nitrogen and oxygen atoms in total. The molecule has 3 heteroatoms. The molecule has 3 N–H and O–H groups in total. The van der Waals surface area contributed by atoms with E-state index >= 15 is 0 Å². The number of rotatable bonds is 3. The van der Waals surface area contributed by atoms with E-state index in [2.05, 4.69) is 18.6 Å². The fraction of sp³-hybridized carbons (Fsp3) is 1.00. The normalized spacial score (nSPS) is 14.1. The third-order valence-corrected chi connectivity index (χ3v) is 1.53. The van der Waals surface area contributed by atoms with Crippen LogP contribution in [0.15, 0.2) is 0 Å². The molecular weight excluding hydrogens is 108 g/mol. The van der Waals surface area contributed by atoms with Crippen LogP contribution in [0.5, 0.6) is 0 Å². The first-order chi connectivity index (χ1) is 3.31. The Kier molecular flexibility index (Phi) is 4.60. The second kappa shape index (κ2) is 4.43. The van der Waals surface area contributed by atoms with E-state index in [-0.39, 0.29) is 0 Å². The van der Waals surface area contributed by atoms with Crippen molar-refractivity contribution >= 4 is 11.8 Å². The van der Waals surface area contributed by atoms with Crippen LogP contribution in [0.3, 0.4) is 0 Å². The molecule has 0 amide bonds. The number of nitrogens with one attached hydrogen (secondary N) is 1. The molecule has 0 aromatic rings. The summed E-state index contributed by atoms with van der Waals surface area (Å²) in [4.78, 5) is 0. The molecule has 0 saturated carbocycles. The van der Waals surface area contributed by atoms with Gasteiger partial charge in [-0.3, -0.25) is 11.3 Å². The lowest BCUT2D eigenvalue weighted by molar-refractivity contribution is 0.626. The molecule has 0 aliphatic carbocycles. The molecule has 0 aliphatic rings. The second-order valence-electron chi connectivity index (χ2n) is 1.52. The molecule has 1 atom stereocenters. The van der Waals surface area contributed by atoms with Crippen LogP contribution in [0.1, 0.15) is 6.92 Å². The summed E-state index contributed by atoms with van der Waals surface area (Å²) in [5, 5.41) is 0. The maximum Gasteiger partial charge on any atom is 0.0272 e. The minimum absolute atomic E-state index is 0.440. The Balaban J connectivity index is 2.83. The van der Waals surface area contributed by atoms with Crippen molar-refractivity contribution in [2.24, 2.45) is 5.84 Å². The van der Waals surface area contributed by atoms with Gasteiger partial charge in [-0.1, -0.05) is 0 Å². The number of hydrogen-bond acceptors (Lipinski definition) is 3. The van der Waals surface area contributed by atoms with Crippen molar-refractivity contribution in [3.05, 3.63) is 0 Å². The average Bonchev–Trinajstić information content (AvgIpc) is 1.68. The van der Waals surface area contributed by atoms with Crippen molar-refractivity contribution in [2.45, 2.75) is 13.0 Å². The molecule has 0 bridgehead atoms. The number of hydrazine groups is 1. The van der Waals surface area contributed by atoms with E-state index in [1.165, 1.54) is 0 Å². The maximum atomic E-state index is 5.09. The average molecular weight is 120 g/mol. The molecule has 0 aromatic carbocycles. The molecule has 0 aromatic heterocycles. The molecule has 0 saturated heterocycles. The van der Waals surface area contributed by atoms with Crippen LogP contribution in [0, 0.1) is 0 Å². The van der Waals surface area contributed by atoms with Gasteiger partial charge in [0.2, 0.25) is 0 Å². The van der Waals surface area contributed by atoms with Gasteiger partial charge in [0.15, 0.2) is 0 Å². The lowest BCUT2D eigenvalue weighted by Crippen LogP contribution is -2.34. The minimum Gasteiger partial charge on any atom is -0.271 e. The van der Waals surface area contributed by atoms with Crippen LogP contribution in [-0.2, 0) is 0 Å². The molecule has 0 fully saturated rings. The number of nitrogens with two attached hydrogens (primary N) is 1. The third-order valence-electron chi connectivity index (χ3n) is 0.701. The summed E-state index contributed by atoms with van der Waals surface area (Å²) in [7, 11) is 0. The van der Waals surface area contributed by atoms with Gasteiger partial charge in [-0.05, 0) is 13.2 Å². The van der Waals surface area contributed by atoms with Gasteiger partial charge in [-0.2, -0.15) is 11.8 Å². The summed E-state index contributed by atoms with van der Waals surface area (Å²) < 4.78 is 0. The second-order valence-corrected chi connectivity index (χ2v) is 2.43. The number of hydrogen-bond donors (Lipinski definition) is 2. The Morgan fingerprint density at radius 3 is 2.57 bits per heavy atom. The summed E-state index contributed by atoms with van der Waals surface area (Å²) in [6.07, 6.45) is 2.06. The first-order valence-electron chi connectivity index (χ1n) is 2.26. The fourth-order valence-corrected chi connectivity index (χ4v) is 0.894. The SMILES string of the molecule is CSCC(C)NN. The summed E-state index contributed by atoms with van der Waals surface area (Å²) in [6.45, 7) is 2.05. The van der Waals surface area contributed by atoms with Crippen molar-refractivity contribution in [1.82, 2.24) is 5.43 Å². The van der Waals surface area contributed by atoms with Gasteiger partial charge in [0.05, 0.1) is 0 Å². The van der Waals surface area contributed by atoms with Crippen LogP contribution in [0.4, 0.5) is 0 Å². The zero-order valence-electron chi connectivity index (χ0n) is 4.77. The molecule has 0 heterocycles. The van der Waals surface area contributed by atoms with E-state index < -0.39 is 0 Å². The molecule has 0 radical (unpaired) electrons. The van der Waals surface area contributed by atoms with E-state index in [4.69, 9.17) is 5.84 Å². The number of thioether (sulfide) groups is 1. The summed E-state index contributed by atoms with van der Waals surface area (Å²) in [5.74, 6) is 6.17. The van der Waals surface area contributed by atoms with Crippen LogP contribution in [0.25, 0.3) is 0 Å². The molecular formula is C4H12N2S. The zero-order chi connectivity index (χ0) is 5.70. The highest BCUT2D eigenvalue weighted by atomic mass is 32.2. The minimum atomic E-state index is 0.440. The lowest BCUT2D eigenvalue weighted by atomic mass is 10.4. The molecule has 1 unspecified atom stereocenters. The first kappa shape index (κ1) is 7.27. The van der Waals surface area contributed by atoms with Gasteiger partial charge < -0.3 is 0 Å². The Morgan fingerprint density at radius 1 is 1.86 bits per heavy atom. The Labute approximate surface area is 48.8 Å². The van der Waals surface area contributed by atoms with Gasteiger partial charge in [0.1, 0.15) is 0 Å². The summed E-state index contributed by atoms with van der Waals surface area (Å²) in [6, 6.07) is 0.440. The van der Waals surface area contributed by atoms with Gasteiger partial charge in [0.25, 0.3) is 0 Å².